The maximum Gasteiger partial charge on any atom is 0.102 e. The zero-order valence-electron chi connectivity index (χ0n) is 7.26. The van der Waals surface area contributed by atoms with Crippen molar-refractivity contribution in [2.24, 2.45) is 5.84 Å². The average molecular weight is 150 g/mol. The highest BCUT2D eigenvalue weighted by atomic mass is 15.4. The maximum atomic E-state index is 5.49. The fraction of sp³-hybridized carbons (Fsp3) is 0.333. The van der Waals surface area contributed by atoms with Crippen molar-refractivity contribution in [3.05, 3.63) is 23.9 Å². The molecule has 0 atom stereocenters. The van der Waals surface area contributed by atoms with Crippen LogP contribution in [0, 0.1) is 11.8 Å². The minimum Gasteiger partial charge on any atom is -0.306 e. The molecule has 0 spiro atoms. The lowest BCUT2D eigenvalue weighted by Crippen LogP contribution is -2.24. The Morgan fingerprint density at radius 2 is 2.18 bits per heavy atom. The zero-order valence-corrected chi connectivity index (χ0v) is 7.26. The van der Waals surface area contributed by atoms with E-state index in [1.807, 2.05) is 25.2 Å². The summed E-state index contributed by atoms with van der Waals surface area (Å²) in [7, 11) is 1.76. The van der Waals surface area contributed by atoms with E-state index in [1.54, 1.807) is 14.0 Å². The van der Waals surface area contributed by atoms with Gasteiger partial charge < -0.3 is 5.01 Å². The Hall–Kier alpha value is -1.20. The first kappa shape index (κ1) is 9.80. The molecule has 0 fully saturated rings. The molecular formula is C9H14N2. The van der Waals surface area contributed by atoms with Gasteiger partial charge in [0.25, 0.3) is 0 Å². The molecule has 0 heterocycles. The van der Waals surface area contributed by atoms with Crippen LogP contribution >= 0.6 is 0 Å². The highest BCUT2D eigenvalue weighted by molar-refractivity contribution is 5.29. The topological polar surface area (TPSA) is 29.3 Å². The third-order valence-corrected chi connectivity index (χ3v) is 1.08. The van der Waals surface area contributed by atoms with Crippen molar-refractivity contribution in [2.75, 3.05) is 7.05 Å². The standard InChI is InChI=1S/C9H14N2/c1-4-6-8-9(7-5-2)11(3)10/h4,6,8H,10H2,1-3H3/b6-4-,9-8+. The lowest BCUT2D eigenvalue weighted by atomic mass is 10.3. The fourth-order valence-electron chi connectivity index (χ4n) is 0.563. The zero-order chi connectivity index (χ0) is 8.69. The Morgan fingerprint density at radius 3 is 2.55 bits per heavy atom. The molecule has 0 radical (unpaired) electrons. The summed E-state index contributed by atoms with van der Waals surface area (Å²) in [6.45, 7) is 3.73. The van der Waals surface area contributed by atoms with Crippen molar-refractivity contribution in [3.8, 4) is 11.8 Å². The molecule has 2 nitrogen and oxygen atoms in total. The first-order chi connectivity index (χ1) is 5.22. The van der Waals surface area contributed by atoms with Crippen molar-refractivity contribution >= 4 is 0 Å². The molecule has 0 aromatic heterocycles. The maximum absolute atomic E-state index is 5.49. The van der Waals surface area contributed by atoms with Crippen LogP contribution in [-0.2, 0) is 0 Å². The molecule has 2 N–H and O–H groups in total. The van der Waals surface area contributed by atoms with E-state index in [4.69, 9.17) is 5.84 Å². The SMILES string of the molecule is CC#C/C(=C\C=C/C)N(C)N. The van der Waals surface area contributed by atoms with E-state index in [9.17, 15) is 0 Å². The summed E-state index contributed by atoms with van der Waals surface area (Å²) < 4.78 is 0. The molecule has 0 saturated carbocycles. The summed E-state index contributed by atoms with van der Waals surface area (Å²) in [5, 5.41) is 1.50. The van der Waals surface area contributed by atoms with E-state index in [2.05, 4.69) is 11.8 Å². The Labute approximate surface area is 68.3 Å². The molecule has 0 bridgehead atoms. The Balaban J connectivity index is 4.41. The second-order valence-corrected chi connectivity index (χ2v) is 2.06. The summed E-state index contributed by atoms with van der Waals surface area (Å²) in [6, 6.07) is 0. The highest BCUT2D eigenvalue weighted by Gasteiger charge is 1.90. The molecule has 0 aromatic carbocycles. The van der Waals surface area contributed by atoms with Gasteiger partial charge in [-0.1, -0.05) is 18.1 Å². The molecule has 0 amide bonds. The Bertz CT molecular complexity index is 213. The third-order valence-electron chi connectivity index (χ3n) is 1.08. The molecule has 2 heteroatoms. The van der Waals surface area contributed by atoms with Gasteiger partial charge in [-0.15, -0.1) is 0 Å². The van der Waals surface area contributed by atoms with Gasteiger partial charge in [-0.25, -0.2) is 5.84 Å². The number of rotatable bonds is 2. The van der Waals surface area contributed by atoms with Crippen molar-refractivity contribution in [1.29, 1.82) is 0 Å². The van der Waals surface area contributed by atoms with Crippen LogP contribution in [0.25, 0.3) is 0 Å². The Kier molecular flexibility index (Phi) is 4.97. The summed E-state index contributed by atoms with van der Waals surface area (Å²) >= 11 is 0. The van der Waals surface area contributed by atoms with Gasteiger partial charge in [0.2, 0.25) is 0 Å². The Morgan fingerprint density at radius 1 is 1.55 bits per heavy atom. The summed E-state index contributed by atoms with van der Waals surface area (Å²) in [4.78, 5) is 0. The van der Waals surface area contributed by atoms with E-state index < -0.39 is 0 Å². The van der Waals surface area contributed by atoms with Crippen molar-refractivity contribution in [3.63, 3.8) is 0 Å². The van der Waals surface area contributed by atoms with E-state index in [0.717, 1.165) is 5.70 Å². The second-order valence-electron chi connectivity index (χ2n) is 2.06. The van der Waals surface area contributed by atoms with Crippen LogP contribution in [0.2, 0.25) is 0 Å². The summed E-state index contributed by atoms with van der Waals surface area (Å²) in [5.74, 6) is 11.2. The van der Waals surface area contributed by atoms with Crippen molar-refractivity contribution < 1.29 is 0 Å². The molecule has 0 unspecified atom stereocenters. The summed E-state index contributed by atoms with van der Waals surface area (Å²) in [6.07, 6.45) is 5.71. The lowest BCUT2D eigenvalue weighted by molar-refractivity contribution is 0.460. The number of allylic oxidation sites excluding steroid dienone is 4. The minimum absolute atomic E-state index is 0.811. The van der Waals surface area contributed by atoms with Crippen LogP contribution in [0.5, 0.6) is 0 Å². The van der Waals surface area contributed by atoms with E-state index >= 15 is 0 Å². The van der Waals surface area contributed by atoms with Gasteiger partial charge in [0.15, 0.2) is 0 Å². The molecular weight excluding hydrogens is 136 g/mol. The monoisotopic (exact) mass is 150 g/mol. The lowest BCUT2D eigenvalue weighted by Gasteiger charge is -2.09. The molecule has 0 aliphatic heterocycles. The molecule has 60 valence electrons. The molecule has 0 rings (SSSR count). The molecule has 11 heavy (non-hydrogen) atoms. The van der Waals surface area contributed by atoms with Crippen LogP contribution in [0.3, 0.4) is 0 Å². The predicted octanol–water partition coefficient (Wildman–Crippen LogP) is 1.28. The van der Waals surface area contributed by atoms with E-state index in [-0.39, 0.29) is 0 Å². The van der Waals surface area contributed by atoms with Crippen LogP contribution in [0.15, 0.2) is 23.9 Å². The largest absolute Gasteiger partial charge is 0.306 e. The number of hydrogen-bond acceptors (Lipinski definition) is 2. The molecule has 0 saturated heterocycles. The van der Waals surface area contributed by atoms with Gasteiger partial charge >= 0.3 is 0 Å². The third kappa shape index (κ3) is 4.24. The van der Waals surface area contributed by atoms with Gasteiger partial charge in [-0.2, -0.15) is 0 Å². The normalized spacial score (nSPS) is 11.1. The van der Waals surface area contributed by atoms with Crippen molar-refractivity contribution in [1.82, 2.24) is 5.01 Å². The van der Waals surface area contributed by atoms with Crippen LogP contribution in [0.1, 0.15) is 13.8 Å². The van der Waals surface area contributed by atoms with Gasteiger partial charge in [-0.3, -0.25) is 0 Å². The number of hydrogen-bond donors (Lipinski definition) is 1. The van der Waals surface area contributed by atoms with E-state index in [1.165, 1.54) is 5.01 Å². The highest BCUT2D eigenvalue weighted by Crippen LogP contribution is 1.93. The molecule has 0 aromatic rings. The average Bonchev–Trinajstić information content (AvgIpc) is 1.97. The van der Waals surface area contributed by atoms with E-state index in [0.29, 0.717) is 0 Å². The van der Waals surface area contributed by atoms with Crippen LogP contribution in [0.4, 0.5) is 0 Å². The van der Waals surface area contributed by atoms with Gasteiger partial charge in [0.1, 0.15) is 5.70 Å². The predicted molar refractivity (Wildman–Crippen MR) is 48.3 cm³/mol. The van der Waals surface area contributed by atoms with Gasteiger partial charge in [0, 0.05) is 7.05 Å². The minimum atomic E-state index is 0.811. The first-order valence-corrected chi connectivity index (χ1v) is 3.46. The first-order valence-electron chi connectivity index (χ1n) is 3.46. The van der Waals surface area contributed by atoms with Gasteiger partial charge in [0.05, 0.1) is 0 Å². The van der Waals surface area contributed by atoms with Crippen molar-refractivity contribution in [2.45, 2.75) is 13.8 Å². The quantitative estimate of drug-likeness (QED) is 0.278. The summed E-state index contributed by atoms with van der Waals surface area (Å²) in [5.41, 5.74) is 0.811. The smallest absolute Gasteiger partial charge is 0.102 e. The fourth-order valence-corrected chi connectivity index (χ4v) is 0.563. The number of hydrazine groups is 1. The van der Waals surface area contributed by atoms with Crippen LogP contribution in [-0.4, -0.2) is 12.1 Å². The van der Waals surface area contributed by atoms with Crippen LogP contribution < -0.4 is 5.84 Å². The second kappa shape index (κ2) is 5.57. The number of nitrogens with zero attached hydrogens (tertiary/aromatic N) is 1. The molecule has 0 aliphatic rings. The van der Waals surface area contributed by atoms with Gasteiger partial charge in [-0.05, 0) is 25.8 Å². The number of nitrogens with two attached hydrogens (primary N) is 1. The molecule has 0 aliphatic carbocycles.